The predicted octanol–water partition coefficient (Wildman–Crippen LogP) is 7.31. The van der Waals surface area contributed by atoms with Crippen molar-refractivity contribution in [1.82, 2.24) is 4.57 Å². The smallest absolute Gasteiger partial charge is 0.0860 e. The Hall–Kier alpha value is -3.58. The molecule has 0 fully saturated rings. The summed E-state index contributed by atoms with van der Waals surface area (Å²) in [6.07, 6.45) is 0. The highest BCUT2D eigenvalue weighted by Gasteiger charge is 2.46. The zero-order valence-corrected chi connectivity index (χ0v) is 18.9. The van der Waals surface area contributed by atoms with E-state index >= 15 is 0 Å². The van der Waals surface area contributed by atoms with Gasteiger partial charge in [-0.05, 0) is 54.7 Å². The van der Waals surface area contributed by atoms with Crippen molar-refractivity contribution in [3.8, 4) is 0 Å². The highest BCUT2D eigenvalue weighted by Crippen LogP contribution is 2.52. The van der Waals surface area contributed by atoms with E-state index in [9.17, 15) is 0 Å². The van der Waals surface area contributed by atoms with Gasteiger partial charge < -0.3 is 4.57 Å². The number of hydrogen-bond acceptors (Lipinski definition) is 0. The van der Waals surface area contributed by atoms with E-state index in [0.29, 0.717) is 0 Å². The van der Waals surface area contributed by atoms with Crippen LogP contribution in [0.3, 0.4) is 0 Å². The number of fused-ring (bicyclic) bond motifs is 4. The molecule has 0 N–H and O–H groups in total. The average molecular weight is 414 g/mol. The normalized spacial score (nSPS) is 14.2. The molecule has 1 aromatic heterocycles. The molecule has 0 atom stereocenters. The fraction of sp³-hybridized carbons (Fsp3) is 0.161. The second-order valence-electron chi connectivity index (χ2n) is 9.22. The molecule has 0 bridgehead atoms. The van der Waals surface area contributed by atoms with Gasteiger partial charge in [-0.1, -0.05) is 102 Å². The maximum atomic E-state index is 2.56. The summed E-state index contributed by atoms with van der Waals surface area (Å²) in [5, 5.41) is 1.35. The molecule has 0 amide bonds. The Morgan fingerprint density at radius 2 is 1.19 bits per heavy atom. The number of aryl methyl sites for hydroxylation is 3. The lowest BCUT2D eigenvalue weighted by molar-refractivity contribution is 0.596. The van der Waals surface area contributed by atoms with Crippen LogP contribution in [0.25, 0.3) is 10.9 Å². The number of nitrogens with zero attached hydrogens (tertiary/aromatic N) is 1. The molecule has 1 aliphatic rings. The molecular weight excluding hydrogens is 386 g/mol. The van der Waals surface area contributed by atoms with E-state index in [1.165, 1.54) is 55.5 Å². The van der Waals surface area contributed by atoms with Crippen LogP contribution >= 0.6 is 0 Å². The molecule has 2 heterocycles. The third-order valence-corrected chi connectivity index (χ3v) is 7.30. The molecule has 0 aliphatic carbocycles. The van der Waals surface area contributed by atoms with Crippen molar-refractivity contribution in [2.75, 3.05) is 0 Å². The first-order valence-electron chi connectivity index (χ1n) is 11.4. The molecule has 5 aromatic rings. The third kappa shape index (κ3) is 2.51. The first-order chi connectivity index (χ1) is 15.6. The molecule has 1 nitrogen and oxygen atoms in total. The molecule has 4 aromatic carbocycles. The van der Waals surface area contributed by atoms with E-state index < -0.39 is 0 Å². The minimum atomic E-state index is -0.362. The molecule has 0 saturated carbocycles. The summed E-state index contributed by atoms with van der Waals surface area (Å²) in [5.41, 5.74) is 11.7. The van der Waals surface area contributed by atoms with Crippen molar-refractivity contribution >= 4 is 10.9 Å². The maximum absolute atomic E-state index is 2.56. The van der Waals surface area contributed by atoms with Crippen LogP contribution in [0.1, 0.15) is 44.6 Å². The quantitative estimate of drug-likeness (QED) is 0.280. The van der Waals surface area contributed by atoms with Gasteiger partial charge in [0.1, 0.15) is 0 Å². The van der Waals surface area contributed by atoms with Gasteiger partial charge in [0.2, 0.25) is 0 Å². The van der Waals surface area contributed by atoms with Crippen LogP contribution in [-0.4, -0.2) is 4.57 Å². The van der Waals surface area contributed by atoms with Gasteiger partial charge in [-0.2, -0.15) is 0 Å². The molecule has 1 aliphatic heterocycles. The highest BCUT2D eigenvalue weighted by atomic mass is 15.0. The second-order valence-corrected chi connectivity index (χ2v) is 9.22. The molecule has 1 heteroatoms. The van der Waals surface area contributed by atoms with Gasteiger partial charge in [-0.3, -0.25) is 0 Å². The van der Waals surface area contributed by atoms with Crippen molar-refractivity contribution in [2.24, 2.45) is 0 Å². The predicted molar refractivity (Wildman–Crippen MR) is 134 cm³/mol. The molecule has 32 heavy (non-hydrogen) atoms. The molecule has 0 saturated heterocycles. The van der Waals surface area contributed by atoms with Gasteiger partial charge in [0.05, 0.1) is 5.41 Å². The van der Waals surface area contributed by atoms with Crippen LogP contribution in [0.5, 0.6) is 0 Å². The largest absolute Gasteiger partial charge is 0.338 e. The monoisotopic (exact) mass is 413 g/mol. The lowest BCUT2D eigenvalue weighted by atomic mass is 9.63. The summed E-state index contributed by atoms with van der Waals surface area (Å²) in [6.45, 7) is 7.54. The lowest BCUT2D eigenvalue weighted by Crippen LogP contribution is -2.38. The Labute approximate surface area is 190 Å². The molecule has 156 valence electrons. The van der Waals surface area contributed by atoms with Gasteiger partial charge >= 0.3 is 0 Å². The Morgan fingerprint density at radius 1 is 0.625 bits per heavy atom. The van der Waals surface area contributed by atoms with Crippen molar-refractivity contribution in [1.29, 1.82) is 0 Å². The highest BCUT2D eigenvalue weighted by molar-refractivity contribution is 5.88. The van der Waals surface area contributed by atoms with Gasteiger partial charge in [-0.15, -0.1) is 0 Å². The standard InChI is InChI=1S/C31H27N/c1-21-12-16-25(17-13-21)31(26-18-14-22(2)15-19-26)28-10-6-4-8-24(28)20-32-29-11-7-5-9-27(29)23(3)30(31)32/h4-19H,20H2,1-3H3. The first kappa shape index (κ1) is 19.1. The topological polar surface area (TPSA) is 4.93 Å². The summed E-state index contributed by atoms with van der Waals surface area (Å²) in [4.78, 5) is 0. The third-order valence-electron chi connectivity index (χ3n) is 7.30. The van der Waals surface area contributed by atoms with Crippen LogP contribution in [0, 0.1) is 20.8 Å². The Balaban J connectivity index is 1.84. The summed E-state index contributed by atoms with van der Waals surface area (Å²) < 4.78 is 2.56. The maximum Gasteiger partial charge on any atom is 0.0860 e. The summed E-state index contributed by atoms with van der Waals surface area (Å²) in [7, 11) is 0. The van der Waals surface area contributed by atoms with Crippen LogP contribution in [0.2, 0.25) is 0 Å². The van der Waals surface area contributed by atoms with Crippen molar-refractivity contribution in [2.45, 2.75) is 32.7 Å². The fourth-order valence-electron chi connectivity index (χ4n) is 5.80. The molecule has 6 rings (SSSR count). The van der Waals surface area contributed by atoms with E-state index in [2.05, 4.69) is 122 Å². The fourth-order valence-corrected chi connectivity index (χ4v) is 5.80. The number of aromatic nitrogens is 1. The van der Waals surface area contributed by atoms with Crippen molar-refractivity contribution < 1.29 is 0 Å². The number of benzene rings is 4. The number of rotatable bonds is 2. The van der Waals surface area contributed by atoms with Crippen LogP contribution < -0.4 is 0 Å². The van der Waals surface area contributed by atoms with Crippen molar-refractivity contribution in [3.05, 3.63) is 142 Å². The van der Waals surface area contributed by atoms with E-state index in [4.69, 9.17) is 0 Å². The summed E-state index contributed by atoms with van der Waals surface area (Å²) >= 11 is 0. The molecule has 0 spiro atoms. The molecule has 0 unspecified atom stereocenters. The van der Waals surface area contributed by atoms with E-state index in [-0.39, 0.29) is 5.41 Å². The second kappa shape index (κ2) is 6.97. The first-order valence-corrected chi connectivity index (χ1v) is 11.4. The molecular formula is C31H27N. The number of para-hydroxylation sites is 1. The Morgan fingerprint density at radius 3 is 1.84 bits per heavy atom. The zero-order chi connectivity index (χ0) is 21.9. The van der Waals surface area contributed by atoms with Crippen LogP contribution in [0.15, 0.2) is 97.1 Å². The average Bonchev–Trinajstić information content (AvgIpc) is 3.11. The zero-order valence-electron chi connectivity index (χ0n) is 18.9. The van der Waals surface area contributed by atoms with E-state index in [1.54, 1.807) is 0 Å². The summed E-state index contributed by atoms with van der Waals surface area (Å²) in [6, 6.07) is 36.2. The summed E-state index contributed by atoms with van der Waals surface area (Å²) in [5.74, 6) is 0. The van der Waals surface area contributed by atoms with Gasteiger partial charge in [-0.25, -0.2) is 0 Å². The van der Waals surface area contributed by atoms with Gasteiger partial charge in [0, 0.05) is 23.1 Å². The molecule has 0 radical (unpaired) electrons. The van der Waals surface area contributed by atoms with Gasteiger partial charge in [0.25, 0.3) is 0 Å². The van der Waals surface area contributed by atoms with Crippen molar-refractivity contribution in [3.63, 3.8) is 0 Å². The van der Waals surface area contributed by atoms with Crippen LogP contribution in [0.4, 0.5) is 0 Å². The van der Waals surface area contributed by atoms with E-state index in [0.717, 1.165) is 6.54 Å². The number of hydrogen-bond donors (Lipinski definition) is 0. The minimum Gasteiger partial charge on any atom is -0.338 e. The SMILES string of the molecule is Cc1ccc(C2(c3ccc(C)cc3)c3ccccc3Cn3c2c(C)c2ccccc23)cc1. The van der Waals surface area contributed by atoms with Gasteiger partial charge in [0.15, 0.2) is 0 Å². The Bertz CT molecular complexity index is 1400. The van der Waals surface area contributed by atoms with E-state index in [1.807, 2.05) is 0 Å². The Kier molecular flexibility index (Phi) is 4.16. The van der Waals surface area contributed by atoms with Crippen LogP contribution in [-0.2, 0) is 12.0 Å². The lowest BCUT2D eigenvalue weighted by Gasteiger charge is -2.42. The minimum absolute atomic E-state index is 0.362.